The molecule has 0 aliphatic heterocycles. The normalized spacial score (nSPS) is 11.7. The molecule has 4 aromatic carbocycles. The van der Waals surface area contributed by atoms with Crippen molar-refractivity contribution in [2.45, 2.75) is 32.6 Å². The van der Waals surface area contributed by atoms with Crippen molar-refractivity contribution in [1.82, 2.24) is 0 Å². The molecular weight excluding hydrogens is 486 g/mol. The number of sulfonamides is 1. The lowest BCUT2D eigenvalue weighted by Crippen LogP contribution is -2.16. The zero-order chi connectivity index (χ0) is 26.3. The van der Waals surface area contributed by atoms with E-state index in [9.17, 15) is 13.2 Å². The first-order valence-corrected chi connectivity index (χ1v) is 13.5. The van der Waals surface area contributed by atoms with Gasteiger partial charge >= 0.3 is 5.97 Å². The van der Waals surface area contributed by atoms with Crippen LogP contribution in [0.5, 0.6) is 0 Å². The summed E-state index contributed by atoms with van der Waals surface area (Å²) in [6, 6.07) is 22.1. The van der Waals surface area contributed by atoms with E-state index in [0.717, 1.165) is 11.1 Å². The largest absolute Gasteiger partial charge is 0.462 e. The number of hydrogen-bond donors (Lipinski definition) is 1. The van der Waals surface area contributed by atoms with Gasteiger partial charge in [-0.1, -0.05) is 72.3 Å². The Bertz CT molecular complexity index is 1750. The van der Waals surface area contributed by atoms with Gasteiger partial charge in [0.15, 0.2) is 0 Å². The van der Waals surface area contributed by atoms with Crippen molar-refractivity contribution >= 4 is 43.4 Å². The first kappa shape index (κ1) is 24.6. The van der Waals surface area contributed by atoms with E-state index in [0.29, 0.717) is 44.3 Å². The van der Waals surface area contributed by atoms with Crippen LogP contribution in [0, 0.1) is 20.8 Å². The zero-order valence-electron chi connectivity index (χ0n) is 21.1. The highest BCUT2D eigenvalue weighted by molar-refractivity contribution is 7.92. The third-order valence-corrected chi connectivity index (χ3v) is 8.00. The van der Waals surface area contributed by atoms with Gasteiger partial charge in [-0.2, -0.15) is 0 Å². The molecule has 1 aromatic heterocycles. The highest BCUT2D eigenvalue weighted by atomic mass is 32.2. The first-order valence-electron chi connectivity index (χ1n) is 12.0. The Kier molecular flexibility index (Phi) is 6.25. The number of aryl methyl sites for hydroxylation is 3. The average Bonchev–Trinajstić information content (AvgIpc) is 3.23. The van der Waals surface area contributed by atoms with Crippen LogP contribution in [-0.4, -0.2) is 21.0 Å². The Balaban J connectivity index is 1.79. The Morgan fingerprint density at radius 2 is 1.49 bits per heavy atom. The van der Waals surface area contributed by atoms with Gasteiger partial charge in [0, 0.05) is 21.7 Å². The van der Waals surface area contributed by atoms with Crippen molar-refractivity contribution in [3.63, 3.8) is 0 Å². The number of benzene rings is 4. The highest BCUT2D eigenvalue weighted by Crippen LogP contribution is 2.41. The minimum absolute atomic E-state index is 0.193. The van der Waals surface area contributed by atoms with Crippen molar-refractivity contribution in [2.24, 2.45) is 0 Å². The van der Waals surface area contributed by atoms with E-state index in [1.54, 1.807) is 26.8 Å². The third-order valence-electron chi connectivity index (χ3n) is 6.33. The average molecular weight is 514 g/mol. The maximum atomic E-state index is 13.7. The predicted molar refractivity (Wildman–Crippen MR) is 147 cm³/mol. The number of ether oxygens (including phenoxy) is 1. The van der Waals surface area contributed by atoms with Crippen LogP contribution in [0.15, 0.2) is 82.1 Å². The topological polar surface area (TPSA) is 85.6 Å². The Hall–Kier alpha value is -4.10. The van der Waals surface area contributed by atoms with Crippen LogP contribution in [0.1, 0.15) is 34.0 Å². The molecule has 0 aliphatic carbocycles. The van der Waals surface area contributed by atoms with Crippen molar-refractivity contribution < 1.29 is 22.4 Å². The second kappa shape index (κ2) is 9.41. The molecule has 0 spiro atoms. The summed E-state index contributed by atoms with van der Waals surface area (Å²) in [5.74, 6) is -0.154. The fraction of sp³-hybridized carbons (Fsp3) is 0.167. The summed E-state index contributed by atoms with van der Waals surface area (Å²) in [5, 5.41) is 1.82. The van der Waals surface area contributed by atoms with E-state index in [4.69, 9.17) is 9.15 Å². The van der Waals surface area contributed by atoms with Gasteiger partial charge in [0.1, 0.15) is 16.9 Å². The summed E-state index contributed by atoms with van der Waals surface area (Å²) in [5.41, 5.74) is 4.15. The number of esters is 1. The van der Waals surface area contributed by atoms with E-state index in [-0.39, 0.29) is 17.1 Å². The lowest BCUT2D eigenvalue weighted by Gasteiger charge is -2.15. The standard InChI is InChI=1S/C30H27NO5S/c1-5-35-30(32)26-24-17-25(31-37(33,34)29-19(3)15-18(2)16-20(29)4)22-13-9-10-14-23(22)28(24)36-27(26)21-11-7-6-8-12-21/h6-17,31H,5H2,1-4H3. The molecule has 0 saturated carbocycles. The lowest BCUT2D eigenvalue weighted by atomic mass is 10.0. The number of furan rings is 1. The highest BCUT2D eigenvalue weighted by Gasteiger charge is 2.27. The van der Waals surface area contributed by atoms with Crippen molar-refractivity contribution in [2.75, 3.05) is 11.3 Å². The fourth-order valence-electron chi connectivity index (χ4n) is 4.99. The molecule has 0 fully saturated rings. The summed E-state index contributed by atoms with van der Waals surface area (Å²) >= 11 is 0. The lowest BCUT2D eigenvalue weighted by molar-refractivity contribution is 0.0528. The quantitative estimate of drug-likeness (QED) is 0.244. The van der Waals surface area contributed by atoms with Crippen LogP contribution >= 0.6 is 0 Å². The zero-order valence-corrected chi connectivity index (χ0v) is 21.9. The maximum Gasteiger partial charge on any atom is 0.342 e. The van der Waals surface area contributed by atoms with Gasteiger partial charge in [-0.05, 0) is 44.9 Å². The van der Waals surface area contributed by atoms with E-state index in [1.165, 1.54) is 0 Å². The minimum atomic E-state index is -3.94. The monoisotopic (exact) mass is 513 g/mol. The SMILES string of the molecule is CCOC(=O)c1c(-c2ccccc2)oc2c1cc(NS(=O)(=O)c1c(C)cc(C)cc1C)c1ccccc12. The van der Waals surface area contributed by atoms with Gasteiger partial charge in [0.05, 0.1) is 17.2 Å². The van der Waals surface area contributed by atoms with Crippen LogP contribution in [-0.2, 0) is 14.8 Å². The molecule has 5 aromatic rings. The third kappa shape index (κ3) is 4.36. The van der Waals surface area contributed by atoms with Crippen LogP contribution < -0.4 is 4.72 Å². The van der Waals surface area contributed by atoms with E-state index < -0.39 is 16.0 Å². The second-order valence-electron chi connectivity index (χ2n) is 9.07. The van der Waals surface area contributed by atoms with Crippen LogP contribution in [0.25, 0.3) is 33.1 Å². The second-order valence-corrected chi connectivity index (χ2v) is 10.7. The molecule has 6 nitrogen and oxygen atoms in total. The van der Waals surface area contributed by atoms with Crippen LogP contribution in [0.2, 0.25) is 0 Å². The number of fused-ring (bicyclic) bond motifs is 3. The number of hydrogen-bond acceptors (Lipinski definition) is 5. The summed E-state index contributed by atoms with van der Waals surface area (Å²) in [6.07, 6.45) is 0. The molecule has 0 atom stereocenters. The summed E-state index contributed by atoms with van der Waals surface area (Å²) < 4.78 is 41.8. The maximum absolute atomic E-state index is 13.7. The predicted octanol–water partition coefficient (Wildman–Crippen LogP) is 7.16. The molecule has 0 radical (unpaired) electrons. The van der Waals surface area contributed by atoms with Gasteiger partial charge in [0.25, 0.3) is 10.0 Å². The summed E-state index contributed by atoms with van der Waals surface area (Å²) in [7, 11) is -3.94. The number of carbonyl (C=O) groups is 1. The Morgan fingerprint density at radius 1 is 0.865 bits per heavy atom. The summed E-state index contributed by atoms with van der Waals surface area (Å²) in [6.45, 7) is 7.45. The fourth-order valence-corrected chi connectivity index (χ4v) is 6.52. The molecule has 0 unspecified atom stereocenters. The van der Waals surface area contributed by atoms with Crippen LogP contribution in [0.3, 0.4) is 0 Å². The molecule has 5 rings (SSSR count). The molecule has 0 amide bonds. The van der Waals surface area contributed by atoms with Crippen LogP contribution in [0.4, 0.5) is 5.69 Å². The van der Waals surface area contributed by atoms with Crippen molar-refractivity contribution in [1.29, 1.82) is 0 Å². The molecule has 37 heavy (non-hydrogen) atoms. The Morgan fingerprint density at radius 3 is 2.14 bits per heavy atom. The molecular formula is C30H27NO5S. The van der Waals surface area contributed by atoms with Gasteiger partial charge in [0.2, 0.25) is 0 Å². The minimum Gasteiger partial charge on any atom is -0.462 e. The number of carbonyl (C=O) groups excluding carboxylic acids is 1. The molecule has 0 saturated heterocycles. The van der Waals surface area contributed by atoms with E-state index in [2.05, 4.69) is 4.72 Å². The number of nitrogens with one attached hydrogen (secondary N) is 1. The summed E-state index contributed by atoms with van der Waals surface area (Å²) in [4.78, 5) is 13.4. The van der Waals surface area contributed by atoms with E-state index in [1.807, 2.05) is 73.7 Å². The van der Waals surface area contributed by atoms with Crippen molar-refractivity contribution in [3.05, 3.63) is 95.1 Å². The molecule has 0 bridgehead atoms. The molecule has 0 aliphatic rings. The number of anilines is 1. The first-order chi connectivity index (χ1) is 17.7. The smallest absolute Gasteiger partial charge is 0.342 e. The molecule has 7 heteroatoms. The van der Waals surface area contributed by atoms with Gasteiger partial charge in [-0.25, -0.2) is 13.2 Å². The Labute approximate surface area is 215 Å². The van der Waals surface area contributed by atoms with Crippen molar-refractivity contribution in [3.8, 4) is 11.3 Å². The van der Waals surface area contributed by atoms with E-state index >= 15 is 0 Å². The van der Waals surface area contributed by atoms with Gasteiger partial charge < -0.3 is 9.15 Å². The molecule has 1 heterocycles. The van der Waals surface area contributed by atoms with Gasteiger partial charge in [-0.15, -0.1) is 0 Å². The molecule has 188 valence electrons. The number of rotatable bonds is 6. The van der Waals surface area contributed by atoms with Gasteiger partial charge in [-0.3, -0.25) is 4.72 Å². The molecule has 1 N–H and O–H groups in total.